The van der Waals surface area contributed by atoms with Crippen LogP contribution in [0.1, 0.15) is 33.2 Å². The van der Waals surface area contributed by atoms with Gasteiger partial charge in [-0.15, -0.1) is 0 Å². The van der Waals surface area contributed by atoms with E-state index in [9.17, 15) is 14.7 Å². The van der Waals surface area contributed by atoms with Crippen molar-refractivity contribution in [2.24, 2.45) is 5.10 Å². The predicted octanol–water partition coefficient (Wildman–Crippen LogP) is 6.26. The van der Waals surface area contributed by atoms with Gasteiger partial charge in [-0.1, -0.05) is 59.6 Å². The molecule has 3 N–H and O–H groups in total. The Balaban J connectivity index is 1.43. The summed E-state index contributed by atoms with van der Waals surface area (Å²) in [5.74, 6) is -1.00. The Kier molecular flexibility index (Phi) is 6.82. The zero-order valence-electron chi connectivity index (χ0n) is 18.0. The van der Waals surface area contributed by atoms with Crippen LogP contribution in [0.5, 0.6) is 5.75 Å². The monoisotopic (exact) mass is 491 g/mol. The summed E-state index contributed by atoms with van der Waals surface area (Å²) >= 11 is 12.0. The van der Waals surface area contributed by atoms with E-state index in [0.717, 1.165) is 16.3 Å². The molecule has 8 heteroatoms. The predicted molar refractivity (Wildman–Crippen MR) is 136 cm³/mol. The highest BCUT2D eigenvalue weighted by Crippen LogP contribution is 2.25. The smallest absolute Gasteiger partial charge is 0.275 e. The first kappa shape index (κ1) is 23.3. The summed E-state index contributed by atoms with van der Waals surface area (Å²) in [6.07, 6.45) is 0. The number of benzene rings is 4. The fourth-order valence-electron chi connectivity index (χ4n) is 3.34. The molecule has 0 spiro atoms. The molecular formula is C26H19Cl2N3O3. The van der Waals surface area contributed by atoms with Gasteiger partial charge < -0.3 is 10.4 Å². The van der Waals surface area contributed by atoms with Gasteiger partial charge in [-0.05, 0) is 65.7 Å². The SMILES string of the molecule is C/C(=N/NC(=O)c1cc2ccccc2cc1O)c1ccc(NC(=O)c2ccc(Cl)cc2Cl)cc1. The minimum atomic E-state index is -0.522. The molecule has 4 rings (SSSR count). The lowest BCUT2D eigenvalue weighted by molar-refractivity contribution is 0.0951. The number of hydrogen-bond acceptors (Lipinski definition) is 4. The van der Waals surface area contributed by atoms with Crippen LogP contribution in [0.25, 0.3) is 10.8 Å². The number of anilines is 1. The molecular weight excluding hydrogens is 473 g/mol. The Morgan fingerprint density at radius 3 is 2.18 bits per heavy atom. The molecule has 0 radical (unpaired) electrons. The molecule has 6 nitrogen and oxygen atoms in total. The zero-order valence-corrected chi connectivity index (χ0v) is 19.5. The van der Waals surface area contributed by atoms with Crippen molar-refractivity contribution in [3.63, 3.8) is 0 Å². The fourth-order valence-corrected chi connectivity index (χ4v) is 3.83. The summed E-state index contributed by atoms with van der Waals surface area (Å²) in [4.78, 5) is 25.0. The second-order valence-electron chi connectivity index (χ2n) is 7.51. The van der Waals surface area contributed by atoms with Gasteiger partial charge in [0.25, 0.3) is 11.8 Å². The van der Waals surface area contributed by atoms with Crippen molar-refractivity contribution in [1.82, 2.24) is 5.43 Å². The van der Waals surface area contributed by atoms with Crippen LogP contribution in [0.15, 0.2) is 84.0 Å². The fraction of sp³-hybridized carbons (Fsp3) is 0.0385. The van der Waals surface area contributed by atoms with E-state index in [2.05, 4.69) is 15.8 Å². The van der Waals surface area contributed by atoms with Gasteiger partial charge in [0.2, 0.25) is 0 Å². The first-order valence-electron chi connectivity index (χ1n) is 10.2. The molecule has 4 aromatic rings. The van der Waals surface area contributed by atoms with E-state index in [1.807, 2.05) is 24.3 Å². The normalized spacial score (nSPS) is 11.3. The Bertz CT molecular complexity index is 1430. The third kappa shape index (κ3) is 5.20. The number of amides is 2. The first-order valence-corrected chi connectivity index (χ1v) is 11.0. The Labute approximate surface area is 205 Å². The number of nitrogens with zero attached hydrogens (tertiary/aromatic N) is 1. The van der Waals surface area contributed by atoms with Gasteiger partial charge >= 0.3 is 0 Å². The van der Waals surface area contributed by atoms with Gasteiger partial charge in [0.15, 0.2) is 0 Å². The van der Waals surface area contributed by atoms with E-state index >= 15 is 0 Å². The van der Waals surface area contributed by atoms with Gasteiger partial charge in [-0.25, -0.2) is 5.43 Å². The number of hydrazone groups is 1. The number of carbonyl (C=O) groups is 2. The van der Waals surface area contributed by atoms with E-state index in [4.69, 9.17) is 23.2 Å². The highest BCUT2D eigenvalue weighted by Gasteiger charge is 2.13. The molecule has 0 unspecified atom stereocenters. The molecule has 0 bridgehead atoms. The minimum Gasteiger partial charge on any atom is -0.507 e. The maximum atomic E-state index is 12.6. The van der Waals surface area contributed by atoms with Crippen molar-refractivity contribution in [3.8, 4) is 5.75 Å². The Morgan fingerprint density at radius 1 is 0.824 bits per heavy atom. The maximum absolute atomic E-state index is 12.6. The number of rotatable bonds is 5. The number of hydrogen-bond donors (Lipinski definition) is 3. The summed E-state index contributed by atoms with van der Waals surface area (Å²) in [6, 6.07) is 22.2. The molecule has 34 heavy (non-hydrogen) atoms. The molecule has 0 saturated carbocycles. The Hall–Kier alpha value is -3.87. The molecule has 170 valence electrons. The number of aromatic hydroxyl groups is 1. The molecule has 4 aromatic carbocycles. The third-order valence-electron chi connectivity index (χ3n) is 5.17. The molecule has 0 aliphatic rings. The first-order chi connectivity index (χ1) is 16.3. The molecule has 0 atom stereocenters. The van der Waals surface area contributed by atoms with Gasteiger partial charge in [-0.2, -0.15) is 5.10 Å². The topological polar surface area (TPSA) is 90.8 Å². The van der Waals surface area contributed by atoms with E-state index in [1.165, 1.54) is 6.07 Å². The highest BCUT2D eigenvalue weighted by atomic mass is 35.5. The lowest BCUT2D eigenvalue weighted by Crippen LogP contribution is -2.19. The number of phenolic OH excluding ortho intramolecular Hbond substituents is 1. The van der Waals surface area contributed by atoms with Crippen LogP contribution in [0.2, 0.25) is 10.0 Å². The van der Waals surface area contributed by atoms with E-state index in [1.54, 1.807) is 55.5 Å². The average molecular weight is 492 g/mol. The molecule has 2 amide bonds. The maximum Gasteiger partial charge on any atom is 0.275 e. The van der Waals surface area contributed by atoms with Crippen LogP contribution in [0.4, 0.5) is 5.69 Å². The van der Waals surface area contributed by atoms with Crippen molar-refractivity contribution in [2.45, 2.75) is 6.92 Å². The highest BCUT2D eigenvalue weighted by molar-refractivity contribution is 6.37. The van der Waals surface area contributed by atoms with Gasteiger partial charge in [0.1, 0.15) is 5.75 Å². The summed E-state index contributed by atoms with van der Waals surface area (Å²) in [6.45, 7) is 1.74. The van der Waals surface area contributed by atoms with Crippen molar-refractivity contribution in [3.05, 3.63) is 106 Å². The lowest BCUT2D eigenvalue weighted by atomic mass is 10.1. The minimum absolute atomic E-state index is 0.120. The summed E-state index contributed by atoms with van der Waals surface area (Å²) in [5.41, 5.74) is 4.78. The molecule has 0 aliphatic carbocycles. The summed E-state index contributed by atoms with van der Waals surface area (Å²) in [7, 11) is 0. The van der Waals surface area contributed by atoms with Crippen molar-refractivity contribution < 1.29 is 14.7 Å². The van der Waals surface area contributed by atoms with Gasteiger partial charge in [-0.3, -0.25) is 9.59 Å². The van der Waals surface area contributed by atoms with E-state index in [0.29, 0.717) is 22.0 Å². The summed E-state index contributed by atoms with van der Waals surface area (Å²) < 4.78 is 0. The standard InChI is InChI=1S/C26H19Cl2N3O3/c1-15(30-31-26(34)22-12-17-4-2-3-5-18(17)13-24(22)32)16-6-9-20(10-7-16)29-25(33)21-11-8-19(27)14-23(21)28/h2-14,32H,1H3,(H,29,33)(H,31,34)/b30-15-. The van der Waals surface area contributed by atoms with Crippen LogP contribution < -0.4 is 10.7 Å². The van der Waals surface area contributed by atoms with E-state index < -0.39 is 5.91 Å². The van der Waals surface area contributed by atoms with Crippen LogP contribution in [-0.2, 0) is 0 Å². The molecule has 0 fully saturated rings. The molecule has 0 aromatic heterocycles. The van der Waals surface area contributed by atoms with Crippen molar-refractivity contribution in [2.75, 3.05) is 5.32 Å². The quantitative estimate of drug-likeness (QED) is 0.227. The number of phenols is 1. The van der Waals surface area contributed by atoms with Gasteiger partial charge in [0.05, 0.1) is 21.9 Å². The van der Waals surface area contributed by atoms with Crippen LogP contribution in [0, 0.1) is 0 Å². The Morgan fingerprint density at radius 2 is 1.50 bits per heavy atom. The number of fused-ring (bicyclic) bond motifs is 1. The van der Waals surface area contributed by atoms with Gasteiger partial charge in [0, 0.05) is 10.7 Å². The number of nitrogens with one attached hydrogen (secondary N) is 2. The zero-order chi connectivity index (χ0) is 24.2. The van der Waals surface area contributed by atoms with Crippen molar-refractivity contribution >= 4 is 57.2 Å². The second kappa shape index (κ2) is 9.95. The average Bonchev–Trinajstić information content (AvgIpc) is 2.82. The largest absolute Gasteiger partial charge is 0.507 e. The molecule has 0 aliphatic heterocycles. The van der Waals surface area contributed by atoms with Crippen molar-refractivity contribution in [1.29, 1.82) is 0 Å². The second-order valence-corrected chi connectivity index (χ2v) is 8.35. The number of halogens is 2. The van der Waals surface area contributed by atoms with Crippen LogP contribution in [0.3, 0.4) is 0 Å². The lowest BCUT2D eigenvalue weighted by Gasteiger charge is -2.09. The van der Waals surface area contributed by atoms with Crippen LogP contribution >= 0.6 is 23.2 Å². The number of carbonyl (C=O) groups excluding carboxylic acids is 2. The molecule has 0 heterocycles. The van der Waals surface area contributed by atoms with E-state index in [-0.39, 0.29) is 22.2 Å². The van der Waals surface area contributed by atoms with Crippen LogP contribution in [-0.4, -0.2) is 22.6 Å². The summed E-state index contributed by atoms with van der Waals surface area (Å²) in [5, 5.41) is 19.5. The third-order valence-corrected chi connectivity index (χ3v) is 5.72. The molecule has 0 saturated heterocycles.